The molecular formula is C28H30N2O3S. The van der Waals surface area contributed by atoms with Crippen LogP contribution >= 0.6 is 11.8 Å². The zero-order chi connectivity index (χ0) is 23.9. The molecule has 1 aliphatic rings. The molecule has 1 atom stereocenters. The number of benzene rings is 3. The summed E-state index contributed by atoms with van der Waals surface area (Å²) in [5.41, 5.74) is 4.39. The number of carbonyl (C=O) groups excluding carboxylic acids is 2. The summed E-state index contributed by atoms with van der Waals surface area (Å²) in [6.45, 7) is 4.64. The number of ether oxygens (including phenoxy) is 1. The Morgan fingerprint density at radius 3 is 2.47 bits per heavy atom. The van der Waals surface area contributed by atoms with Gasteiger partial charge in [0, 0.05) is 11.3 Å². The number of para-hydroxylation sites is 2. The van der Waals surface area contributed by atoms with E-state index in [1.54, 1.807) is 11.8 Å². The highest BCUT2D eigenvalue weighted by atomic mass is 32.2. The van der Waals surface area contributed by atoms with Crippen LogP contribution in [0.25, 0.3) is 0 Å². The van der Waals surface area contributed by atoms with E-state index in [1.807, 2.05) is 84.6 Å². The van der Waals surface area contributed by atoms with Crippen LogP contribution in [0, 0.1) is 0 Å². The van der Waals surface area contributed by atoms with Crippen LogP contribution < -0.4 is 15.0 Å². The Balaban J connectivity index is 1.46. The molecule has 1 aliphatic heterocycles. The fourth-order valence-corrected chi connectivity index (χ4v) is 5.17. The van der Waals surface area contributed by atoms with Crippen molar-refractivity contribution in [1.82, 2.24) is 0 Å². The summed E-state index contributed by atoms with van der Waals surface area (Å²) in [6.07, 6.45) is 3.34. The van der Waals surface area contributed by atoms with Gasteiger partial charge in [-0.15, -0.1) is 11.8 Å². The smallest absolute Gasteiger partial charge is 0.255 e. The van der Waals surface area contributed by atoms with E-state index < -0.39 is 0 Å². The Kier molecular flexibility index (Phi) is 7.91. The molecule has 0 bridgehead atoms. The molecule has 176 valence electrons. The van der Waals surface area contributed by atoms with Crippen LogP contribution in [0.1, 0.15) is 53.5 Å². The van der Waals surface area contributed by atoms with Crippen molar-refractivity contribution in [2.45, 2.75) is 38.5 Å². The lowest BCUT2D eigenvalue weighted by Crippen LogP contribution is -2.28. The third-order valence-corrected chi connectivity index (χ3v) is 6.99. The zero-order valence-electron chi connectivity index (χ0n) is 19.6. The Labute approximate surface area is 205 Å². The number of carbonyl (C=O) groups is 2. The molecule has 1 fully saturated rings. The number of anilines is 2. The minimum atomic E-state index is -0.144. The number of hydrogen-bond donors (Lipinski definition) is 1. The molecular weight excluding hydrogens is 444 g/mol. The molecule has 0 spiro atoms. The molecule has 1 N–H and O–H groups in total. The zero-order valence-corrected chi connectivity index (χ0v) is 20.4. The SMILES string of the molecule is CCCCc1ccc(C(=O)Nc2ccc(C3SCC(=O)N3c3ccccc3OCC)cc2)cc1. The Morgan fingerprint density at radius 1 is 1.03 bits per heavy atom. The number of hydrogen-bond acceptors (Lipinski definition) is 4. The average molecular weight is 475 g/mol. The molecule has 0 aliphatic carbocycles. The molecule has 3 aromatic carbocycles. The first kappa shape index (κ1) is 23.9. The van der Waals surface area contributed by atoms with E-state index in [-0.39, 0.29) is 17.2 Å². The molecule has 0 radical (unpaired) electrons. The Hall–Kier alpha value is -3.25. The summed E-state index contributed by atoms with van der Waals surface area (Å²) in [4.78, 5) is 27.2. The van der Waals surface area contributed by atoms with Gasteiger partial charge < -0.3 is 10.1 Å². The molecule has 3 aromatic rings. The van der Waals surface area contributed by atoms with E-state index in [2.05, 4.69) is 12.2 Å². The lowest BCUT2D eigenvalue weighted by atomic mass is 10.1. The minimum absolute atomic E-state index is 0.0573. The third-order valence-electron chi connectivity index (χ3n) is 5.78. The van der Waals surface area contributed by atoms with Crippen molar-refractivity contribution in [3.63, 3.8) is 0 Å². The Bertz CT molecular complexity index is 1130. The van der Waals surface area contributed by atoms with Gasteiger partial charge in [-0.2, -0.15) is 0 Å². The number of rotatable bonds is 9. The van der Waals surface area contributed by atoms with Gasteiger partial charge in [0.25, 0.3) is 5.91 Å². The number of nitrogens with zero attached hydrogens (tertiary/aromatic N) is 1. The Morgan fingerprint density at radius 2 is 1.76 bits per heavy atom. The lowest BCUT2D eigenvalue weighted by Gasteiger charge is -2.26. The normalized spacial score (nSPS) is 15.4. The third kappa shape index (κ3) is 5.45. The van der Waals surface area contributed by atoms with Gasteiger partial charge in [-0.3, -0.25) is 14.5 Å². The summed E-state index contributed by atoms with van der Waals surface area (Å²) < 4.78 is 5.76. The van der Waals surface area contributed by atoms with Crippen LogP contribution in [0.4, 0.5) is 11.4 Å². The topological polar surface area (TPSA) is 58.6 Å². The highest BCUT2D eigenvalue weighted by molar-refractivity contribution is 8.00. The molecule has 0 aromatic heterocycles. The van der Waals surface area contributed by atoms with Crippen LogP contribution in [0.3, 0.4) is 0 Å². The number of thioether (sulfide) groups is 1. The van der Waals surface area contributed by atoms with E-state index in [9.17, 15) is 9.59 Å². The van der Waals surface area contributed by atoms with Crippen molar-refractivity contribution in [2.75, 3.05) is 22.6 Å². The summed E-state index contributed by atoms with van der Waals surface area (Å²) in [5.74, 6) is 1.04. The maximum atomic E-state index is 12.8. The predicted molar refractivity (Wildman–Crippen MR) is 140 cm³/mol. The van der Waals surface area contributed by atoms with Crippen LogP contribution in [0.5, 0.6) is 5.75 Å². The first-order chi connectivity index (χ1) is 16.6. The maximum Gasteiger partial charge on any atom is 0.255 e. The summed E-state index contributed by atoms with van der Waals surface area (Å²) in [6, 6.07) is 23.2. The highest BCUT2D eigenvalue weighted by Crippen LogP contribution is 2.44. The predicted octanol–water partition coefficient (Wildman–Crippen LogP) is 6.46. The van der Waals surface area contributed by atoms with Crippen molar-refractivity contribution >= 4 is 35.0 Å². The minimum Gasteiger partial charge on any atom is -0.492 e. The quantitative estimate of drug-likeness (QED) is 0.387. The van der Waals surface area contributed by atoms with Gasteiger partial charge in [0.15, 0.2) is 0 Å². The molecule has 34 heavy (non-hydrogen) atoms. The highest BCUT2D eigenvalue weighted by Gasteiger charge is 2.35. The van der Waals surface area contributed by atoms with Gasteiger partial charge in [-0.05, 0) is 67.3 Å². The molecule has 2 amide bonds. The van der Waals surface area contributed by atoms with Crippen LogP contribution in [0.15, 0.2) is 72.8 Å². The lowest BCUT2D eigenvalue weighted by molar-refractivity contribution is -0.115. The van der Waals surface area contributed by atoms with Gasteiger partial charge in [-0.25, -0.2) is 0 Å². The summed E-state index contributed by atoms with van der Waals surface area (Å²) in [7, 11) is 0. The standard InChI is InChI=1S/C28H30N2O3S/c1-3-5-8-20-11-13-21(14-12-20)27(32)29-23-17-15-22(16-18-23)28-30(26(31)19-34-28)24-9-6-7-10-25(24)33-4-2/h6-7,9-18,28H,3-5,8,19H2,1-2H3,(H,29,32). The molecule has 5 nitrogen and oxygen atoms in total. The van der Waals surface area contributed by atoms with Crippen molar-refractivity contribution in [3.8, 4) is 5.75 Å². The van der Waals surface area contributed by atoms with Crippen molar-refractivity contribution in [2.24, 2.45) is 0 Å². The number of unbranched alkanes of at least 4 members (excludes halogenated alkanes) is 1. The molecule has 6 heteroatoms. The van der Waals surface area contributed by atoms with E-state index in [0.29, 0.717) is 23.7 Å². The van der Waals surface area contributed by atoms with E-state index >= 15 is 0 Å². The number of nitrogens with one attached hydrogen (secondary N) is 1. The summed E-state index contributed by atoms with van der Waals surface area (Å²) in [5, 5.41) is 2.83. The second-order valence-electron chi connectivity index (χ2n) is 8.20. The first-order valence-corrected chi connectivity index (χ1v) is 12.8. The average Bonchev–Trinajstić information content (AvgIpc) is 3.25. The van der Waals surface area contributed by atoms with Crippen LogP contribution in [0.2, 0.25) is 0 Å². The van der Waals surface area contributed by atoms with Crippen LogP contribution in [-0.4, -0.2) is 24.2 Å². The second-order valence-corrected chi connectivity index (χ2v) is 9.27. The fraction of sp³-hybridized carbons (Fsp3) is 0.286. The molecule has 1 unspecified atom stereocenters. The molecule has 1 heterocycles. The van der Waals surface area contributed by atoms with Gasteiger partial charge >= 0.3 is 0 Å². The van der Waals surface area contributed by atoms with E-state index in [0.717, 1.165) is 36.2 Å². The summed E-state index contributed by atoms with van der Waals surface area (Å²) >= 11 is 1.59. The number of aryl methyl sites for hydroxylation is 1. The van der Waals surface area contributed by atoms with Crippen molar-refractivity contribution < 1.29 is 14.3 Å². The molecule has 1 saturated heterocycles. The number of amides is 2. The van der Waals surface area contributed by atoms with Gasteiger partial charge in [0.2, 0.25) is 5.91 Å². The first-order valence-electron chi connectivity index (χ1n) is 11.8. The van der Waals surface area contributed by atoms with E-state index in [4.69, 9.17) is 4.74 Å². The molecule has 0 saturated carbocycles. The second kappa shape index (κ2) is 11.3. The van der Waals surface area contributed by atoms with Gasteiger partial charge in [0.1, 0.15) is 11.1 Å². The largest absolute Gasteiger partial charge is 0.492 e. The van der Waals surface area contributed by atoms with Gasteiger partial charge in [-0.1, -0.05) is 49.7 Å². The molecule has 4 rings (SSSR count). The van der Waals surface area contributed by atoms with E-state index in [1.165, 1.54) is 5.56 Å². The van der Waals surface area contributed by atoms with Crippen molar-refractivity contribution in [3.05, 3.63) is 89.5 Å². The monoisotopic (exact) mass is 474 g/mol. The maximum absolute atomic E-state index is 12.8. The van der Waals surface area contributed by atoms with Crippen LogP contribution in [-0.2, 0) is 11.2 Å². The fourth-order valence-electron chi connectivity index (χ4n) is 4.00. The van der Waals surface area contributed by atoms with Crippen molar-refractivity contribution in [1.29, 1.82) is 0 Å². The van der Waals surface area contributed by atoms with Gasteiger partial charge in [0.05, 0.1) is 18.0 Å².